The number of benzene rings is 1. The van der Waals surface area contributed by atoms with E-state index in [9.17, 15) is 0 Å². The first-order valence-electron chi connectivity index (χ1n) is 7.48. The Kier molecular flexibility index (Phi) is 7.28. The Bertz CT molecular complexity index is 430. The van der Waals surface area contributed by atoms with Crippen molar-refractivity contribution in [3.05, 3.63) is 35.4 Å². The lowest BCUT2D eigenvalue weighted by Crippen LogP contribution is -2.42. The fraction of sp³-hybridized carbons (Fsp3) is 0.588. The van der Waals surface area contributed by atoms with Gasteiger partial charge in [-0.3, -0.25) is 0 Å². The van der Waals surface area contributed by atoms with Gasteiger partial charge in [-0.1, -0.05) is 38.8 Å². The van der Waals surface area contributed by atoms with E-state index in [1.54, 1.807) is 0 Å². The molecular formula is C17H27N3. The van der Waals surface area contributed by atoms with Crippen molar-refractivity contribution < 1.29 is 0 Å². The lowest BCUT2D eigenvalue weighted by atomic mass is 9.93. The fourth-order valence-corrected chi connectivity index (χ4v) is 2.72. The zero-order valence-electron chi connectivity index (χ0n) is 13.2. The normalized spacial score (nSPS) is 12.7. The fourth-order valence-electron chi connectivity index (χ4n) is 2.72. The molecule has 0 fully saturated rings. The summed E-state index contributed by atoms with van der Waals surface area (Å²) in [6.45, 7) is 6.33. The van der Waals surface area contributed by atoms with Gasteiger partial charge in [0.2, 0.25) is 0 Å². The Hall–Kier alpha value is -1.37. The van der Waals surface area contributed by atoms with Gasteiger partial charge >= 0.3 is 0 Å². The molecule has 1 aromatic carbocycles. The Morgan fingerprint density at radius 2 is 1.95 bits per heavy atom. The van der Waals surface area contributed by atoms with Crippen LogP contribution in [0.4, 0.5) is 0 Å². The molecule has 110 valence electrons. The molecule has 20 heavy (non-hydrogen) atoms. The summed E-state index contributed by atoms with van der Waals surface area (Å²) in [6.07, 6.45) is 2.43. The quantitative estimate of drug-likeness (QED) is 0.791. The number of nitrogens with one attached hydrogen (secondary N) is 1. The monoisotopic (exact) mass is 273 g/mol. The van der Waals surface area contributed by atoms with Crippen molar-refractivity contribution in [3.63, 3.8) is 0 Å². The number of nitriles is 1. The third-order valence-corrected chi connectivity index (χ3v) is 3.99. The molecule has 0 radical (unpaired) electrons. The molecule has 3 heteroatoms. The van der Waals surface area contributed by atoms with E-state index >= 15 is 0 Å². The number of hydrogen-bond acceptors (Lipinski definition) is 3. The second-order valence-electron chi connectivity index (χ2n) is 5.55. The maximum absolute atomic E-state index is 8.91. The number of rotatable bonds is 8. The molecular weight excluding hydrogens is 246 g/mol. The first kappa shape index (κ1) is 16.7. The largest absolute Gasteiger partial charge is 0.311 e. The minimum Gasteiger partial charge on any atom is -0.311 e. The van der Waals surface area contributed by atoms with Crippen LogP contribution >= 0.6 is 0 Å². The maximum atomic E-state index is 8.91. The van der Waals surface area contributed by atoms with E-state index in [1.165, 1.54) is 18.4 Å². The lowest BCUT2D eigenvalue weighted by molar-refractivity contribution is 0.194. The molecule has 0 aliphatic heterocycles. The smallest absolute Gasteiger partial charge is 0.0991 e. The van der Waals surface area contributed by atoms with Crippen molar-refractivity contribution in [1.29, 1.82) is 5.26 Å². The topological polar surface area (TPSA) is 39.1 Å². The molecule has 0 amide bonds. The Balaban J connectivity index is 2.54. The van der Waals surface area contributed by atoms with Crippen molar-refractivity contribution in [1.82, 2.24) is 10.2 Å². The van der Waals surface area contributed by atoms with E-state index in [-0.39, 0.29) is 0 Å². The standard InChI is InChI=1S/C17H27N3/c1-5-16(6-2)17(20(3)4)13-19-12-15-9-7-8-14(10-15)11-18/h7-10,16-17,19H,5-6,12-13H2,1-4H3. The second-order valence-corrected chi connectivity index (χ2v) is 5.55. The minimum absolute atomic E-state index is 0.559. The van der Waals surface area contributed by atoms with Gasteiger partial charge in [-0.2, -0.15) is 5.26 Å². The van der Waals surface area contributed by atoms with E-state index in [0.29, 0.717) is 6.04 Å². The summed E-state index contributed by atoms with van der Waals surface area (Å²) in [5.74, 6) is 0.725. The molecule has 1 unspecified atom stereocenters. The molecule has 1 N–H and O–H groups in total. The lowest BCUT2D eigenvalue weighted by Gasteiger charge is -2.31. The second kappa shape index (κ2) is 8.73. The highest BCUT2D eigenvalue weighted by Crippen LogP contribution is 2.16. The average molecular weight is 273 g/mol. The van der Waals surface area contributed by atoms with Crippen molar-refractivity contribution in [2.24, 2.45) is 5.92 Å². The molecule has 0 bridgehead atoms. The highest BCUT2D eigenvalue weighted by Gasteiger charge is 2.19. The zero-order chi connectivity index (χ0) is 15.0. The summed E-state index contributed by atoms with van der Waals surface area (Å²) >= 11 is 0. The van der Waals surface area contributed by atoms with E-state index in [2.05, 4.69) is 50.3 Å². The summed E-state index contributed by atoms with van der Waals surface area (Å²) in [7, 11) is 4.31. The summed E-state index contributed by atoms with van der Waals surface area (Å²) < 4.78 is 0. The first-order valence-corrected chi connectivity index (χ1v) is 7.48. The van der Waals surface area contributed by atoms with E-state index < -0.39 is 0 Å². The molecule has 0 aliphatic rings. The van der Waals surface area contributed by atoms with E-state index in [4.69, 9.17) is 5.26 Å². The number of likely N-dealkylation sites (N-methyl/N-ethyl adjacent to an activating group) is 1. The van der Waals surface area contributed by atoms with Crippen LogP contribution in [0.2, 0.25) is 0 Å². The van der Waals surface area contributed by atoms with Gasteiger partial charge < -0.3 is 10.2 Å². The van der Waals surface area contributed by atoms with Crippen molar-refractivity contribution in [2.45, 2.75) is 39.3 Å². The third kappa shape index (κ3) is 4.96. The van der Waals surface area contributed by atoms with Gasteiger partial charge in [-0.05, 0) is 37.7 Å². The van der Waals surface area contributed by atoms with Gasteiger partial charge in [0.15, 0.2) is 0 Å². The van der Waals surface area contributed by atoms with Crippen LogP contribution in [0.15, 0.2) is 24.3 Å². The average Bonchev–Trinajstić information content (AvgIpc) is 2.46. The predicted molar refractivity (Wildman–Crippen MR) is 84.4 cm³/mol. The van der Waals surface area contributed by atoms with Crippen LogP contribution in [-0.2, 0) is 6.54 Å². The summed E-state index contributed by atoms with van der Waals surface area (Å²) in [5.41, 5.74) is 1.90. The van der Waals surface area contributed by atoms with Gasteiger partial charge in [0.05, 0.1) is 11.6 Å². The number of hydrogen-bond donors (Lipinski definition) is 1. The third-order valence-electron chi connectivity index (χ3n) is 3.99. The predicted octanol–water partition coefficient (Wildman–Crippen LogP) is 3.01. The zero-order valence-corrected chi connectivity index (χ0v) is 13.2. The van der Waals surface area contributed by atoms with Crippen LogP contribution in [0.25, 0.3) is 0 Å². The molecule has 0 aliphatic carbocycles. The minimum atomic E-state index is 0.559. The van der Waals surface area contributed by atoms with Crippen LogP contribution < -0.4 is 5.32 Å². The molecule has 3 nitrogen and oxygen atoms in total. The maximum Gasteiger partial charge on any atom is 0.0991 e. The SMILES string of the molecule is CCC(CC)C(CNCc1cccc(C#N)c1)N(C)C. The molecule has 0 saturated heterocycles. The van der Waals surface area contributed by atoms with Gasteiger partial charge in [0.25, 0.3) is 0 Å². The summed E-state index contributed by atoms with van der Waals surface area (Å²) in [5, 5.41) is 12.4. The Labute approximate surface area is 123 Å². The van der Waals surface area contributed by atoms with Crippen LogP contribution in [0.5, 0.6) is 0 Å². The molecule has 1 aromatic rings. The van der Waals surface area contributed by atoms with E-state index in [1.807, 2.05) is 18.2 Å². The highest BCUT2D eigenvalue weighted by atomic mass is 15.1. The van der Waals surface area contributed by atoms with Gasteiger partial charge in [-0.15, -0.1) is 0 Å². The van der Waals surface area contributed by atoms with Crippen molar-refractivity contribution in [2.75, 3.05) is 20.6 Å². The molecule has 0 spiro atoms. The van der Waals surface area contributed by atoms with Gasteiger partial charge in [0.1, 0.15) is 0 Å². The van der Waals surface area contributed by atoms with Gasteiger partial charge in [0, 0.05) is 19.1 Å². The van der Waals surface area contributed by atoms with E-state index in [0.717, 1.165) is 24.6 Å². The molecule has 0 heterocycles. The first-order chi connectivity index (χ1) is 9.62. The summed E-state index contributed by atoms with van der Waals surface area (Å²) in [4.78, 5) is 2.32. The summed E-state index contributed by atoms with van der Waals surface area (Å²) in [6, 6.07) is 10.6. The molecule has 0 aromatic heterocycles. The van der Waals surface area contributed by atoms with Gasteiger partial charge in [-0.25, -0.2) is 0 Å². The molecule has 1 rings (SSSR count). The van der Waals surface area contributed by atoms with Crippen LogP contribution in [0.3, 0.4) is 0 Å². The Morgan fingerprint density at radius 3 is 2.50 bits per heavy atom. The van der Waals surface area contributed by atoms with Crippen molar-refractivity contribution >= 4 is 0 Å². The van der Waals surface area contributed by atoms with Crippen LogP contribution in [0.1, 0.15) is 37.8 Å². The molecule has 1 atom stereocenters. The van der Waals surface area contributed by atoms with Crippen LogP contribution in [0, 0.1) is 17.2 Å². The van der Waals surface area contributed by atoms with Crippen molar-refractivity contribution in [3.8, 4) is 6.07 Å². The Morgan fingerprint density at radius 1 is 1.25 bits per heavy atom. The molecule has 0 saturated carbocycles. The number of nitrogens with zero attached hydrogens (tertiary/aromatic N) is 2. The van der Waals surface area contributed by atoms with Crippen LogP contribution in [-0.4, -0.2) is 31.6 Å². The highest BCUT2D eigenvalue weighted by molar-refractivity contribution is 5.32.